The predicted molar refractivity (Wildman–Crippen MR) is 110 cm³/mol. The Morgan fingerprint density at radius 2 is 2.10 bits per heavy atom. The van der Waals surface area contributed by atoms with Crippen molar-refractivity contribution in [1.82, 2.24) is 20.9 Å². The SMILES string of the molecule is CC1(C)N[C@@H](CCCNCc2cccc3c2CN(C2CCC(=O)NC2=O)C3=O)CO1. The molecule has 1 aromatic carbocycles. The van der Waals surface area contributed by atoms with E-state index in [1.165, 1.54) is 0 Å². The van der Waals surface area contributed by atoms with Crippen LogP contribution in [0.3, 0.4) is 0 Å². The van der Waals surface area contributed by atoms with E-state index in [9.17, 15) is 14.4 Å². The summed E-state index contributed by atoms with van der Waals surface area (Å²) in [4.78, 5) is 38.1. The van der Waals surface area contributed by atoms with Crippen molar-refractivity contribution in [2.45, 2.75) is 70.4 Å². The Kier molecular flexibility index (Phi) is 5.90. The number of ether oxygens (including phenoxy) is 1. The number of carbonyl (C=O) groups excluding carboxylic acids is 3. The number of benzene rings is 1. The van der Waals surface area contributed by atoms with Crippen molar-refractivity contribution in [3.63, 3.8) is 0 Å². The summed E-state index contributed by atoms with van der Waals surface area (Å²) in [5.41, 5.74) is 2.49. The van der Waals surface area contributed by atoms with E-state index in [1.54, 1.807) is 4.90 Å². The fourth-order valence-corrected chi connectivity index (χ4v) is 4.55. The molecule has 162 valence electrons. The van der Waals surface area contributed by atoms with Crippen LogP contribution in [0.1, 0.15) is 61.0 Å². The molecule has 2 saturated heterocycles. The number of fused-ring (bicyclic) bond motifs is 1. The van der Waals surface area contributed by atoms with E-state index in [0.717, 1.165) is 37.1 Å². The van der Waals surface area contributed by atoms with E-state index >= 15 is 0 Å². The lowest BCUT2D eigenvalue weighted by Gasteiger charge is -2.29. The monoisotopic (exact) mass is 414 g/mol. The summed E-state index contributed by atoms with van der Waals surface area (Å²) in [6.07, 6.45) is 2.73. The van der Waals surface area contributed by atoms with Crippen LogP contribution >= 0.6 is 0 Å². The first kappa shape index (κ1) is 21.0. The smallest absolute Gasteiger partial charge is 0.255 e. The van der Waals surface area contributed by atoms with Gasteiger partial charge in [-0.1, -0.05) is 12.1 Å². The highest BCUT2D eigenvalue weighted by atomic mass is 16.5. The molecule has 2 atom stereocenters. The number of carbonyl (C=O) groups is 3. The molecule has 3 amide bonds. The van der Waals surface area contributed by atoms with Gasteiger partial charge in [0.2, 0.25) is 11.8 Å². The summed E-state index contributed by atoms with van der Waals surface area (Å²) in [5, 5.41) is 9.30. The van der Waals surface area contributed by atoms with Gasteiger partial charge in [0.15, 0.2) is 0 Å². The first-order chi connectivity index (χ1) is 14.3. The van der Waals surface area contributed by atoms with Crippen LogP contribution in [-0.2, 0) is 27.4 Å². The van der Waals surface area contributed by atoms with Crippen molar-refractivity contribution >= 4 is 17.7 Å². The van der Waals surface area contributed by atoms with Crippen LogP contribution in [0.25, 0.3) is 0 Å². The van der Waals surface area contributed by atoms with Crippen molar-refractivity contribution in [3.8, 4) is 0 Å². The summed E-state index contributed by atoms with van der Waals surface area (Å²) in [6.45, 7) is 6.81. The minimum Gasteiger partial charge on any atom is -0.360 e. The highest BCUT2D eigenvalue weighted by Crippen LogP contribution is 2.29. The van der Waals surface area contributed by atoms with E-state index in [1.807, 2.05) is 32.0 Å². The number of amides is 3. The highest BCUT2D eigenvalue weighted by molar-refractivity contribution is 6.05. The molecule has 0 saturated carbocycles. The molecular formula is C22H30N4O4. The second-order valence-corrected chi connectivity index (χ2v) is 8.82. The van der Waals surface area contributed by atoms with Gasteiger partial charge in [-0.2, -0.15) is 0 Å². The fraction of sp³-hybridized carbons (Fsp3) is 0.591. The molecule has 3 N–H and O–H groups in total. The maximum atomic E-state index is 12.9. The minimum absolute atomic E-state index is 0.128. The molecule has 8 heteroatoms. The molecule has 3 heterocycles. The van der Waals surface area contributed by atoms with Gasteiger partial charge in [-0.25, -0.2) is 0 Å². The topological polar surface area (TPSA) is 99.8 Å². The molecular weight excluding hydrogens is 384 g/mol. The van der Waals surface area contributed by atoms with Gasteiger partial charge in [0, 0.05) is 31.1 Å². The quantitative estimate of drug-likeness (QED) is 0.455. The van der Waals surface area contributed by atoms with Gasteiger partial charge in [-0.3, -0.25) is 25.0 Å². The zero-order chi connectivity index (χ0) is 21.3. The molecule has 4 rings (SSSR count). The Balaban J connectivity index is 1.31. The molecule has 0 aliphatic carbocycles. The zero-order valence-corrected chi connectivity index (χ0v) is 17.6. The van der Waals surface area contributed by atoms with Crippen LogP contribution < -0.4 is 16.0 Å². The van der Waals surface area contributed by atoms with Crippen LogP contribution in [0.2, 0.25) is 0 Å². The third-order valence-corrected chi connectivity index (χ3v) is 6.10. The van der Waals surface area contributed by atoms with E-state index < -0.39 is 6.04 Å². The molecule has 0 radical (unpaired) electrons. The lowest BCUT2D eigenvalue weighted by Crippen LogP contribution is -2.52. The van der Waals surface area contributed by atoms with E-state index in [4.69, 9.17) is 4.74 Å². The summed E-state index contributed by atoms with van der Waals surface area (Å²) >= 11 is 0. The van der Waals surface area contributed by atoms with E-state index in [-0.39, 0.29) is 29.9 Å². The van der Waals surface area contributed by atoms with E-state index in [2.05, 4.69) is 16.0 Å². The predicted octanol–water partition coefficient (Wildman–Crippen LogP) is 1.04. The van der Waals surface area contributed by atoms with Crippen LogP contribution in [0.4, 0.5) is 0 Å². The normalized spacial score (nSPS) is 25.5. The number of nitrogens with one attached hydrogen (secondary N) is 3. The summed E-state index contributed by atoms with van der Waals surface area (Å²) in [6, 6.07) is 5.56. The average molecular weight is 415 g/mol. The molecule has 3 aliphatic heterocycles. The van der Waals surface area contributed by atoms with Gasteiger partial charge in [0.25, 0.3) is 5.91 Å². The lowest BCUT2D eigenvalue weighted by molar-refractivity contribution is -0.136. The first-order valence-electron chi connectivity index (χ1n) is 10.7. The van der Waals surface area contributed by atoms with E-state index in [0.29, 0.717) is 31.1 Å². The van der Waals surface area contributed by atoms with Crippen molar-refractivity contribution in [3.05, 3.63) is 34.9 Å². The number of nitrogens with zero attached hydrogens (tertiary/aromatic N) is 1. The second kappa shape index (κ2) is 8.45. The lowest BCUT2D eigenvalue weighted by atomic mass is 10.0. The average Bonchev–Trinajstić information content (AvgIpc) is 3.21. The fourth-order valence-electron chi connectivity index (χ4n) is 4.55. The van der Waals surface area contributed by atoms with Crippen molar-refractivity contribution in [2.24, 2.45) is 0 Å². The Hall–Kier alpha value is -2.29. The molecule has 0 aromatic heterocycles. The molecule has 1 aromatic rings. The second-order valence-electron chi connectivity index (χ2n) is 8.82. The third-order valence-electron chi connectivity index (χ3n) is 6.10. The van der Waals surface area contributed by atoms with Crippen LogP contribution in [-0.4, -0.2) is 53.6 Å². The van der Waals surface area contributed by atoms with Crippen molar-refractivity contribution in [2.75, 3.05) is 13.2 Å². The molecule has 8 nitrogen and oxygen atoms in total. The van der Waals surface area contributed by atoms with Crippen molar-refractivity contribution < 1.29 is 19.1 Å². The van der Waals surface area contributed by atoms with Gasteiger partial charge in [-0.15, -0.1) is 0 Å². The first-order valence-corrected chi connectivity index (χ1v) is 10.7. The molecule has 30 heavy (non-hydrogen) atoms. The number of piperidine rings is 1. The Labute approximate surface area is 176 Å². The van der Waals surface area contributed by atoms with Gasteiger partial charge in [0.1, 0.15) is 11.8 Å². The molecule has 0 bridgehead atoms. The largest absolute Gasteiger partial charge is 0.360 e. The van der Waals surface area contributed by atoms with Crippen LogP contribution in [0.15, 0.2) is 18.2 Å². The van der Waals surface area contributed by atoms with Gasteiger partial charge < -0.3 is 15.0 Å². The summed E-state index contributed by atoms with van der Waals surface area (Å²) in [5.74, 6) is -0.774. The van der Waals surface area contributed by atoms with Crippen LogP contribution in [0.5, 0.6) is 0 Å². The zero-order valence-electron chi connectivity index (χ0n) is 17.6. The van der Waals surface area contributed by atoms with Gasteiger partial charge >= 0.3 is 0 Å². The third kappa shape index (κ3) is 4.40. The summed E-state index contributed by atoms with van der Waals surface area (Å²) in [7, 11) is 0. The Morgan fingerprint density at radius 3 is 2.83 bits per heavy atom. The Bertz CT molecular complexity index is 854. The maximum Gasteiger partial charge on any atom is 0.255 e. The number of hydrogen-bond donors (Lipinski definition) is 3. The Morgan fingerprint density at radius 1 is 1.27 bits per heavy atom. The highest BCUT2D eigenvalue weighted by Gasteiger charge is 2.39. The molecule has 2 fully saturated rings. The number of rotatable bonds is 7. The molecule has 1 unspecified atom stereocenters. The number of hydrogen-bond acceptors (Lipinski definition) is 6. The number of imide groups is 1. The van der Waals surface area contributed by atoms with Crippen LogP contribution in [0, 0.1) is 0 Å². The molecule has 3 aliphatic rings. The van der Waals surface area contributed by atoms with Crippen molar-refractivity contribution in [1.29, 1.82) is 0 Å². The minimum atomic E-state index is -0.575. The molecule has 0 spiro atoms. The van der Waals surface area contributed by atoms with Gasteiger partial charge in [-0.05, 0) is 56.8 Å². The standard InChI is InChI=1S/C22H30N4O4/c1-22(2)25-15(13-30-22)6-4-10-23-11-14-5-3-7-16-17(14)12-26(21(16)29)18-8-9-19(27)24-20(18)28/h3,5,7,15,18,23,25H,4,6,8-13H2,1-2H3,(H,24,27,28)/t15-,18?/m0/s1. The van der Waals surface area contributed by atoms with Gasteiger partial charge in [0.05, 0.1) is 6.61 Å². The maximum absolute atomic E-state index is 12.9. The summed E-state index contributed by atoms with van der Waals surface area (Å²) < 4.78 is 5.70.